The van der Waals surface area contributed by atoms with E-state index in [-0.39, 0.29) is 0 Å². The second-order valence-electron chi connectivity index (χ2n) is 4.33. The van der Waals surface area contributed by atoms with Gasteiger partial charge in [-0.15, -0.1) is 0 Å². The Morgan fingerprint density at radius 2 is 1.89 bits per heavy atom. The lowest BCUT2D eigenvalue weighted by molar-refractivity contribution is 0.824. The lowest BCUT2D eigenvalue weighted by Gasteiger charge is -2.05. The van der Waals surface area contributed by atoms with E-state index in [2.05, 4.69) is 26.7 Å². The number of aryl methyl sites for hydroxylation is 1. The highest BCUT2D eigenvalue weighted by Gasteiger charge is 2.07. The van der Waals surface area contributed by atoms with Crippen molar-refractivity contribution in [2.24, 2.45) is 0 Å². The maximum absolute atomic E-state index is 5.71. The van der Waals surface area contributed by atoms with Gasteiger partial charge in [0.25, 0.3) is 0 Å². The van der Waals surface area contributed by atoms with E-state index < -0.39 is 0 Å². The van der Waals surface area contributed by atoms with Crippen molar-refractivity contribution in [3.63, 3.8) is 0 Å². The van der Waals surface area contributed by atoms with Crippen molar-refractivity contribution in [2.75, 3.05) is 5.73 Å². The number of fused-ring (bicyclic) bond motifs is 1. The lowest BCUT2D eigenvalue weighted by Crippen LogP contribution is -2.03. The molecule has 0 saturated carbocycles. The van der Waals surface area contributed by atoms with E-state index in [0.717, 1.165) is 23.3 Å². The van der Waals surface area contributed by atoms with Gasteiger partial charge in [0.15, 0.2) is 0 Å². The summed E-state index contributed by atoms with van der Waals surface area (Å²) in [5.41, 5.74) is 8.76. The Balaban J connectivity index is 2.08. The van der Waals surface area contributed by atoms with Crippen molar-refractivity contribution in [3.05, 3.63) is 53.9 Å². The van der Waals surface area contributed by atoms with Crippen LogP contribution in [0, 0.1) is 6.92 Å². The molecule has 2 heterocycles. The van der Waals surface area contributed by atoms with Gasteiger partial charge in [0, 0.05) is 18.1 Å². The molecule has 90 valence electrons. The zero-order valence-electron chi connectivity index (χ0n) is 10.2. The highest BCUT2D eigenvalue weighted by atomic mass is 15.1. The Kier molecular flexibility index (Phi) is 2.48. The van der Waals surface area contributed by atoms with E-state index in [9.17, 15) is 0 Å². The molecule has 4 heteroatoms. The third-order valence-corrected chi connectivity index (χ3v) is 3.02. The molecule has 0 aliphatic carbocycles. The Labute approximate surface area is 105 Å². The predicted octanol–water partition coefficient (Wildman–Crippen LogP) is 2.37. The summed E-state index contributed by atoms with van der Waals surface area (Å²) in [5, 5.41) is 1.06. The van der Waals surface area contributed by atoms with Gasteiger partial charge in [0.05, 0.1) is 5.69 Å². The average molecular weight is 238 g/mol. The number of benzene rings is 1. The zero-order valence-corrected chi connectivity index (χ0v) is 10.2. The number of hydrogen-bond acceptors (Lipinski definition) is 3. The van der Waals surface area contributed by atoms with E-state index in [1.807, 2.05) is 37.4 Å². The van der Waals surface area contributed by atoms with Crippen molar-refractivity contribution in [1.29, 1.82) is 0 Å². The molecule has 1 aromatic carbocycles. The number of nitrogens with zero attached hydrogens (tertiary/aromatic N) is 3. The normalized spacial score (nSPS) is 10.9. The first kappa shape index (κ1) is 10.8. The Bertz CT molecular complexity index is 686. The van der Waals surface area contributed by atoms with E-state index in [1.165, 1.54) is 5.56 Å². The molecule has 3 aromatic rings. The van der Waals surface area contributed by atoms with Crippen LogP contribution in [0.5, 0.6) is 0 Å². The molecule has 0 unspecified atom stereocenters. The quantitative estimate of drug-likeness (QED) is 0.745. The Morgan fingerprint density at radius 3 is 2.67 bits per heavy atom. The molecule has 3 rings (SSSR count). The van der Waals surface area contributed by atoms with Crippen LogP contribution in [-0.2, 0) is 6.54 Å². The summed E-state index contributed by atoms with van der Waals surface area (Å²) in [6.45, 7) is 2.74. The summed E-state index contributed by atoms with van der Waals surface area (Å²) in [5.74, 6) is 0.327. The van der Waals surface area contributed by atoms with Crippen LogP contribution in [0.25, 0.3) is 11.0 Å². The molecule has 2 aromatic heterocycles. The largest absolute Gasteiger partial charge is 0.368 e. The average Bonchev–Trinajstić information content (AvgIpc) is 2.74. The molecule has 0 aliphatic rings. The predicted molar refractivity (Wildman–Crippen MR) is 72.2 cm³/mol. The number of rotatable bonds is 2. The van der Waals surface area contributed by atoms with Crippen LogP contribution < -0.4 is 5.73 Å². The molecule has 18 heavy (non-hydrogen) atoms. The number of aromatic nitrogens is 3. The molecule has 0 saturated heterocycles. The van der Waals surface area contributed by atoms with Gasteiger partial charge in [-0.2, -0.15) is 4.98 Å². The summed E-state index contributed by atoms with van der Waals surface area (Å²) >= 11 is 0. The minimum absolute atomic E-state index is 0.327. The van der Waals surface area contributed by atoms with Crippen LogP contribution in [0.1, 0.15) is 11.3 Å². The van der Waals surface area contributed by atoms with E-state index in [0.29, 0.717) is 5.95 Å². The third kappa shape index (κ3) is 1.82. The number of nitrogen functional groups attached to an aromatic ring is 1. The molecule has 2 N–H and O–H groups in total. The van der Waals surface area contributed by atoms with E-state index in [4.69, 9.17) is 5.73 Å². The second-order valence-corrected chi connectivity index (χ2v) is 4.33. The minimum atomic E-state index is 0.327. The maximum atomic E-state index is 5.71. The van der Waals surface area contributed by atoms with Crippen LogP contribution in [-0.4, -0.2) is 14.5 Å². The van der Waals surface area contributed by atoms with E-state index >= 15 is 0 Å². The SMILES string of the molecule is Cc1nc(N)nc2c1ccn2Cc1ccccc1. The van der Waals surface area contributed by atoms with Crippen LogP contribution in [0.15, 0.2) is 42.6 Å². The minimum Gasteiger partial charge on any atom is -0.368 e. The molecule has 0 bridgehead atoms. The van der Waals surface area contributed by atoms with Gasteiger partial charge in [-0.25, -0.2) is 4.98 Å². The summed E-state index contributed by atoms with van der Waals surface area (Å²) in [4.78, 5) is 8.50. The smallest absolute Gasteiger partial charge is 0.222 e. The fourth-order valence-electron chi connectivity index (χ4n) is 2.14. The molecular formula is C14H14N4. The van der Waals surface area contributed by atoms with Gasteiger partial charge in [0.2, 0.25) is 5.95 Å². The van der Waals surface area contributed by atoms with Crippen LogP contribution in [0.2, 0.25) is 0 Å². The highest BCUT2D eigenvalue weighted by Crippen LogP contribution is 2.18. The van der Waals surface area contributed by atoms with Gasteiger partial charge >= 0.3 is 0 Å². The summed E-state index contributed by atoms with van der Waals surface area (Å²) in [6, 6.07) is 12.3. The van der Waals surface area contributed by atoms with Gasteiger partial charge in [-0.3, -0.25) is 0 Å². The third-order valence-electron chi connectivity index (χ3n) is 3.02. The Morgan fingerprint density at radius 1 is 1.11 bits per heavy atom. The zero-order chi connectivity index (χ0) is 12.5. The van der Waals surface area contributed by atoms with Crippen molar-refractivity contribution < 1.29 is 0 Å². The molecule has 0 aliphatic heterocycles. The van der Waals surface area contributed by atoms with Gasteiger partial charge in [-0.05, 0) is 18.6 Å². The second kappa shape index (κ2) is 4.14. The Hall–Kier alpha value is -2.36. The van der Waals surface area contributed by atoms with Gasteiger partial charge in [0.1, 0.15) is 5.65 Å². The standard InChI is InChI=1S/C14H14N4/c1-10-12-7-8-18(13(12)17-14(15)16-10)9-11-5-3-2-4-6-11/h2-8H,9H2,1H3,(H2,15,16,17). The molecular weight excluding hydrogens is 224 g/mol. The van der Waals surface area contributed by atoms with Crippen LogP contribution in [0.3, 0.4) is 0 Å². The number of hydrogen-bond donors (Lipinski definition) is 1. The maximum Gasteiger partial charge on any atom is 0.222 e. The molecule has 0 spiro atoms. The van der Waals surface area contributed by atoms with Crippen molar-refractivity contribution in [1.82, 2.24) is 14.5 Å². The van der Waals surface area contributed by atoms with Crippen LogP contribution in [0.4, 0.5) is 5.95 Å². The van der Waals surface area contributed by atoms with Gasteiger partial charge < -0.3 is 10.3 Å². The molecule has 0 atom stereocenters. The van der Waals surface area contributed by atoms with Crippen molar-refractivity contribution in [3.8, 4) is 0 Å². The summed E-state index contributed by atoms with van der Waals surface area (Å²) in [7, 11) is 0. The summed E-state index contributed by atoms with van der Waals surface area (Å²) in [6.07, 6.45) is 2.03. The first-order valence-electron chi connectivity index (χ1n) is 5.87. The topological polar surface area (TPSA) is 56.7 Å². The summed E-state index contributed by atoms with van der Waals surface area (Å²) < 4.78 is 2.09. The van der Waals surface area contributed by atoms with Crippen molar-refractivity contribution in [2.45, 2.75) is 13.5 Å². The first-order valence-corrected chi connectivity index (χ1v) is 5.87. The number of anilines is 1. The fourth-order valence-corrected chi connectivity index (χ4v) is 2.14. The van der Waals surface area contributed by atoms with Crippen molar-refractivity contribution >= 4 is 17.0 Å². The van der Waals surface area contributed by atoms with Gasteiger partial charge in [-0.1, -0.05) is 30.3 Å². The molecule has 0 fully saturated rings. The molecule has 4 nitrogen and oxygen atoms in total. The lowest BCUT2D eigenvalue weighted by atomic mass is 10.2. The van der Waals surface area contributed by atoms with Crippen LogP contribution >= 0.6 is 0 Å². The monoisotopic (exact) mass is 238 g/mol. The van der Waals surface area contributed by atoms with E-state index in [1.54, 1.807) is 0 Å². The first-order chi connectivity index (χ1) is 8.74. The molecule has 0 amide bonds. The molecule has 0 radical (unpaired) electrons. The highest BCUT2D eigenvalue weighted by molar-refractivity contribution is 5.79. The fraction of sp³-hybridized carbons (Fsp3) is 0.143. The number of nitrogens with two attached hydrogens (primary N) is 1.